The van der Waals surface area contributed by atoms with Crippen LogP contribution in [0.5, 0.6) is 5.75 Å². The third kappa shape index (κ3) is 5.75. The highest BCUT2D eigenvalue weighted by molar-refractivity contribution is 5.70. The molecule has 0 aliphatic rings. The summed E-state index contributed by atoms with van der Waals surface area (Å²) in [5.41, 5.74) is 2.21. The number of rotatable bonds is 6. The molecule has 0 aliphatic heterocycles. The predicted octanol–water partition coefficient (Wildman–Crippen LogP) is 3.71. The molecule has 0 saturated carbocycles. The number of nitrogens with zero attached hydrogens (tertiary/aromatic N) is 2. The fourth-order valence-electron chi connectivity index (χ4n) is 2.58. The molecule has 0 radical (unpaired) electrons. The van der Waals surface area contributed by atoms with Gasteiger partial charge in [-0.05, 0) is 49.2 Å². The van der Waals surface area contributed by atoms with Gasteiger partial charge in [0, 0.05) is 11.8 Å². The Kier molecular flexibility index (Phi) is 6.59. The zero-order valence-electron chi connectivity index (χ0n) is 15.9. The molecule has 0 fully saturated rings. The smallest absolute Gasteiger partial charge is 0.464 e. The molecule has 0 saturated heterocycles. The Bertz CT molecular complexity index is 1080. The first-order valence-corrected chi connectivity index (χ1v) is 8.93. The molecule has 30 heavy (non-hydrogen) atoms. The van der Waals surface area contributed by atoms with Gasteiger partial charge in [0.25, 0.3) is 0 Å². The number of fused-ring (bicyclic) bond motifs is 1. The Morgan fingerprint density at radius 2 is 1.90 bits per heavy atom. The summed E-state index contributed by atoms with van der Waals surface area (Å²) in [6, 6.07) is 10.7. The van der Waals surface area contributed by atoms with Gasteiger partial charge in [0.2, 0.25) is 0 Å². The van der Waals surface area contributed by atoms with E-state index < -0.39 is 12.3 Å². The minimum atomic E-state index is -4.75. The van der Waals surface area contributed by atoms with Gasteiger partial charge in [0.05, 0.1) is 13.2 Å². The number of pyridine rings is 1. The Morgan fingerprint density at radius 3 is 2.60 bits per heavy atom. The number of carbonyl (C=O) groups is 1. The number of benzene rings is 1. The van der Waals surface area contributed by atoms with Crippen molar-refractivity contribution in [2.45, 2.75) is 19.9 Å². The van der Waals surface area contributed by atoms with Crippen LogP contribution in [-0.4, -0.2) is 34.9 Å². The molecule has 0 amide bonds. The van der Waals surface area contributed by atoms with Gasteiger partial charge in [0.1, 0.15) is 29.4 Å². The minimum Gasteiger partial charge on any atom is -0.464 e. The molecule has 0 aliphatic carbocycles. The molecule has 0 unspecified atom stereocenters. The van der Waals surface area contributed by atoms with Crippen molar-refractivity contribution in [3.8, 4) is 17.6 Å². The molecule has 9 heteroatoms. The first-order chi connectivity index (χ1) is 14.4. The molecule has 2 heterocycles. The molecule has 3 rings (SSSR count). The Balaban J connectivity index is 1.81. The largest absolute Gasteiger partial charge is 0.573 e. The Morgan fingerprint density at radius 1 is 1.13 bits per heavy atom. The van der Waals surface area contributed by atoms with Crippen LogP contribution in [0.3, 0.4) is 0 Å². The number of alkyl halides is 3. The second-order valence-corrected chi connectivity index (χ2v) is 5.96. The SMILES string of the molecule is CCOC(=O)COCc1nc2ccccn2c1C#Cc1ccc(OC(F)(F)F)cc1. The van der Waals surface area contributed by atoms with E-state index in [9.17, 15) is 18.0 Å². The summed E-state index contributed by atoms with van der Waals surface area (Å²) in [6.45, 7) is 1.80. The van der Waals surface area contributed by atoms with Crippen molar-refractivity contribution in [3.05, 3.63) is 65.6 Å². The highest BCUT2D eigenvalue weighted by atomic mass is 19.4. The second kappa shape index (κ2) is 9.33. The predicted molar refractivity (Wildman–Crippen MR) is 101 cm³/mol. The Labute approximate surface area is 170 Å². The molecule has 2 aromatic heterocycles. The van der Waals surface area contributed by atoms with Crippen LogP contribution in [0.1, 0.15) is 23.9 Å². The zero-order valence-corrected chi connectivity index (χ0v) is 15.9. The molecule has 0 atom stereocenters. The van der Waals surface area contributed by atoms with Crippen LogP contribution < -0.4 is 4.74 Å². The maximum absolute atomic E-state index is 12.3. The molecule has 6 nitrogen and oxygen atoms in total. The standard InChI is InChI=1S/C21H17F3N2O4/c1-2-29-20(27)14-28-13-17-18(26-12-4-3-5-19(26)25-17)11-8-15-6-9-16(10-7-15)30-21(22,23)24/h3-7,9-10,12H,2,13-14H2,1H3. The van der Waals surface area contributed by atoms with Gasteiger partial charge >= 0.3 is 12.3 Å². The van der Waals surface area contributed by atoms with Crippen molar-refractivity contribution in [2.24, 2.45) is 0 Å². The van der Waals surface area contributed by atoms with Gasteiger partial charge < -0.3 is 14.2 Å². The van der Waals surface area contributed by atoms with Crippen molar-refractivity contribution in [2.75, 3.05) is 13.2 Å². The van der Waals surface area contributed by atoms with Crippen LogP contribution in [0.4, 0.5) is 13.2 Å². The summed E-state index contributed by atoms with van der Waals surface area (Å²) in [5, 5.41) is 0. The van der Waals surface area contributed by atoms with Gasteiger partial charge in [-0.3, -0.25) is 4.40 Å². The fraction of sp³-hybridized carbons (Fsp3) is 0.238. The number of imidazole rings is 1. The van der Waals surface area contributed by atoms with Crippen LogP contribution in [0.15, 0.2) is 48.7 Å². The summed E-state index contributed by atoms with van der Waals surface area (Å²) in [4.78, 5) is 15.9. The van der Waals surface area contributed by atoms with Crippen molar-refractivity contribution >= 4 is 11.6 Å². The Hall–Kier alpha value is -3.51. The highest BCUT2D eigenvalue weighted by Crippen LogP contribution is 2.22. The second-order valence-electron chi connectivity index (χ2n) is 5.96. The summed E-state index contributed by atoms with van der Waals surface area (Å²) in [5.74, 6) is 5.07. The van der Waals surface area contributed by atoms with Gasteiger partial charge in [0.15, 0.2) is 0 Å². The van der Waals surface area contributed by atoms with Crippen LogP contribution in [0.25, 0.3) is 5.65 Å². The van der Waals surface area contributed by atoms with Gasteiger partial charge in [-0.1, -0.05) is 12.0 Å². The fourth-order valence-corrected chi connectivity index (χ4v) is 2.58. The van der Waals surface area contributed by atoms with E-state index in [1.165, 1.54) is 24.3 Å². The summed E-state index contributed by atoms with van der Waals surface area (Å²) in [6.07, 6.45) is -2.97. The molecule has 3 aromatic rings. The number of aromatic nitrogens is 2. The molecular formula is C21H17F3N2O4. The number of ether oxygens (including phenoxy) is 3. The zero-order chi connectivity index (χ0) is 21.6. The molecule has 0 spiro atoms. The first-order valence-electron chi connectivity index (χ1n) is 8.93. The lowest BCUT2D eigenvalue weighted by atomic mass is 10.2. The molecule has 1 aromatic carbocycles. The minimum absolute atomic E-state index is 0.0445. The summed E-state index contributed by atoms with van der Waals surface area (Å²) < 4.78 is 52.6. The third-order valence-electron chi connectivity index (χ3n) is 3.78. The molecular weight excluding hydrogens is 401 g/mol. The van der Waals surface area contributed by atoms with Gasteiger partial charge in [-0.15, -0.1) is 13.2 Å². The summed E-state index contributed by atoms with van der Waals surface area (Å²) >= 11 is 0. The van der Waals surface area contributed by atoms with Crippen LogP contribution >= 0.6 is 0 Å². The lowest BCUT2D eigenvalue weighted by Crippen LogP contribution is -2.16. The molecule has 0 bridgehead atoms. The van der Waals surface area contributed by atoms with E-state index in [0.717, 1.165) is 0 Å². The van der Waals surface area contributed by atoms with E-state index in [4.69, 9.17) is 9.47 Å². The van der Waals surface area contributed by atoms with E-state index in [-0.39, 0.29) is 25.6 Å². The normalized spacial score (nSPS) is 11.1. The van der Waals surface area contributed by atoms with E-state index in [0.29, 0.717) is 22.6 Å². The van der Waals surface area contributed by atoms with E-state index in [1.54, 1.807) is 23.6 Å². The monoisotopic (exact) mass is 418 g/mol. The van der Waals surface area contributed by atoms with E-state index >= 15 is 0 Å². The topological polar surface area (TPSA) is 62.1 Å². The average Bonchev–Trinajstić information content (AvgIpc) is 3.04. The lowest BCUT2D eigenvalue weighted by Gasteiger charge is -2.08. The number of carbonyl (C=O) groups excluding carboxylic acids is 1. The highest BCUT2D eigenvalue weighted by Gasteiger charge is 2.30. The van der Waals surface area contributed by atoms with E-state index in [1.807, 2.05) is 12.1 Å². The van der Waals surface area contributed by atoms with Crippen LogP contribution in [0.2, 0.25) is 0 Å². The third-order valence-corrected chi connectivity index (χ3v) is 3.78. The van der Waals surface area contributed by atoms with Gasteiger partial charge in [-0.2, -0.15) is 0 Å². The van der Waals surface area contributed by atoms with Crippen LogP contribution in [0, 0.1) is 11.8 Å². The van der Waals surface area contributed by atoms with Crippen molar-refractivity contribution in [1.29, 1.82) is 0 Å². The lowest BCUT2D eigenvalue weighted by molar-refractivity contribution is -0.274. The number of hydrogen-bond donors (Lipinski definition) is 0. The molecule has 0 N–H and O–H groups in total. The van der Waals surface area contributed by atoms with Crippen molar-refractivity contribution in [3.63, 3.8) is 0 Å². The number of esters is 1. The maximum atomic E-state index is 12.3. The van der Waals surface area contributed by atoms with Gasteiger partial charge in [-0.25, -0.2) is 9.78 Å². The first kappa shape index (κ1) is 21.2. The quantitative estimate of drug-likeness (QED) is 0.451. The maximum Gasteiger partial charge on any atom is 0.573 e. The number of hydrogen-bond acceptors (Lipinski definition) is 5. The molecule has 156 valence electrons. The van der Waals surface area contributed by atoms with Crippen molar-refractivity contribution < 1.29 is 32.2 Å². The number of halogens is 3. The average molecular weight is 418 g/mol. The van der Waals surface area contributed by atoms with Crippen molar-refractivity contribution in [1.82, 2.24) is 9.38 Å². The van der Waals surface area contributed by atoms with E-state index in [2.05, 4.69) is 21.6 Å². The van der Waals surface area contributed by atoms with Crippen LogP contribution in [-0.2, 0) is 20.9 Å². The summed E-state index contributed by atoms with van der Waals surface area (Å²) in [7, 11) is 0.